The fourth-order valence-electron chi connectivity index (χ4n) is 2.88. The summed E-state index contributed by atoms with van der Waals surface area (Å²) >= 11 is 0. The molecule has 3 rings (SSSR count). The molecule has 1 aliphatic rings. The molecular weight excluding hydrogens is 346 g/mol. The predicted octanol–water partition coefficient (Wildman–Crippen LogP) is 1.04. The largest absolute Gasteiger partial charge is 0.477 e. The van der Waals surface area contributed by atoms with Crippen LogP contribution in [0.25, 0.3) is 0 Å². The lowest BCUT2D eigenvalue weighted by Crippen LogP contribution is -2.38. The number of carboxylic acids is 1. The van der Waals surface area contributed by atoms with Crippen molar-refractivity contribution in [3.05, 3.63) is 58.3 Å². The fraction of sp³-hybridized carbons (Fsp3) is 0.312. The van der Waals surface area contributed by atoms with Crippen LogP contribution in [0.2, 0.25) is 0 Å². The van der Waals surface area contributed by atoms with E-state index in [1.807, 2.05) is 0 Å². The Kier molecular flexibility index (Phi) is 4.69. The molecule has 0 unspecified atom stereocenters. The number of sulfonamides is 1. The van der Waals surface area contributed by atoms with Gasteiger partial charge < -0.3 is 10.1 Å². The molecule has 0 saturated carbocycles. The van der Waals surface area contributed by atoms with Crippen LogP contribution in [-0.4, -0.2) is 46.9 Å². The van der Waals surface area contributed by atoms with E-state index in [1.54, 1.807) is 30.3 Å². The van der Waals surface area contributed by atoms with Crippen molar-refractivity contribution in [3.63, 3.8) is 0 Å². The van der Waals surface area contributed by atoms with E-state index in [9.17, 15) is 18.0 Å². The highest BCUT2D eigenvalue weighted by molar-refractivity contribution is 7.89. The zero-order valence-electron chi connectivity index (χ0n) is 13.3. The third kappa shape index (κ3) is 3.47. The minimum absolute atomic E-state index is 0.113. The maximum absolute atomic E-state index is 12.6. The third-order valence-corrected chi connectivity index (χ3v) is 6.18. The van der Waals surface area contributed by atoms with E-state index in [2.05, 4.69) is 9.97 Å². The molecule has 1 fully saturated rings. The first-order chi connectivity index (χ1) is 11.9. The van der Waals surface area contributed by atoms with Crippen LogP contribution in [0.15, 0.2) is 46.2 Å². The molecule has 132 valence electrons. The van der Waals surface area contributed by atoms with Crippen molar-refractivity contribution in [1.29, 1.82) is 0 Å². The average molecular weight is 363 g/mol. The number of carboxylic acid groups (broad SMARTS) is 1. The molecule has 2 heterocycles. The van der Waals surface area contributed by atoms with Gasteiger partial charge in [0, 0.05) is 25.2 Å². The Morgan fingerprint density at radius 3 is 2.40 bits per heavy atom. The summed E-state index contributed by atoms with van der Waals surface area (Å²) in [6, 6.07) is 8.24. The standard InChI is InChI=1S/C16H17N3O5S/c20-15-13(16(21)22)10-17-14(18-15)11-6-8-19(9-7-11)25(23,24)12-4-2-1-3-5-12/h1-5,10-11H,6-9H2,(H,21,22)(H,17,18,20). The molecule has 9 heteroatoms. The number of benzene rings is 1. The van der Waals surface area contributed by atoms with Gasteiger partial charge in [-0.1, -0.05) is 18.2 Å². The van der Waals surface area contributed by atoms with Gasteiger partial charge in [0.05, 0.1) is 4.90 Å². The maximum Gasteiger partial charge on any atom is 0.342 e. The van der Waals surface area contributed by atoms with Crippen LogP contribution in [0.4, 0.5) is 0 Å². The van der Waals surface area contributed by atoms with E-state index in [0.29, 0.717) is 31.8 Å². The maximum atomic E-state index is 12.6. The lowest BCUT2D eigenvalue weighted by Gasteiger charge is -2.30. The molecule has 0 radical (unpaired) electrons. The number of nitrogens with zero attached hydrogens (tertiary/aromatic N) is 2. The molecule has 2 aromatic rings. The Bertz CT molecular complexity index is 932. The van der Waals surface area contributed by atoms with Crippen LogP contribution in [0.1, 0.15) is 34.9 Å². The topological polar surface area (TPSA) is 120 Å². The van der Waals surface area contributed by atoms with Gasteiger partial charge in [-0.2, -0.15) is 4.31 Å². The SMILES string of the molecule is O=C(O)c1cnc(C2CCN(S(=O)(=O)c3ccccc3)CC2)[nH]c1=O. The highest BCUT2D eigenvalue weighted by Crippen LogP contribution is 2.28. The molecule has 0 spiro atoms. The van der Waals surface area contributed by atoms with E-state index in [-0.39, 0.29) is 10.8 Å². The van der Waals surface area contributed by atoms with Crippen molar-refractivity contribution >= 4 is 16.0 Å². The first kappa shape index (κ1) is 17.3. The van der Waals surface area contributed by atoms with E-state index >= 15 is 0 Å². The molecular formula is C16H17N3O5S. The minimum Gasteiger partial charge on any atom is -0.477 e. The Hall–Kier alpha value is -2.52. The molecule has 1 aliphatic heterocycles. The second-order valence-corrected chi connectivity index (χ2v) is 7.75. The van der Waals surface area contributed by atoms with E-state index in [1.165, 1.54) is 4.31 Å². The lowest BCUT2D eigenvalue weighted by molar-refractivity contribution is 0.0694. The van der Waals surface area contributed by atoms with Crippen molar-refractivity contribution in [3.8, 4) is 0 Å². The number of piperidine rings is 1. The summed E-state index contributed by atoms with van der Waals surface area (Å²) < 4.78 is 26.6. The third-order valence-electron chi connectivity index (χ3n) is 4.27. The number of H-pyrrole nitrogens is 1. The smallest absolute Gasteiger partial charge is 0.342 e. The van der Waals surface area contributed by atoms with Crippen molar-refractivity contribution in [1.82, 2.24) is 14.3 Å². The van der Waals surface area contributed by atoms with Crippen LogP contribution >= 0.6 is 0 Å². The Morgan fingerprint density at radius 2 is 1.84 bits per heavy atom. The number of rotatable bonds is 4. The summed E-state index contributed by atoms with van der Waals surface area (Å²) in [5.41, 5.74) is -1.11. The number of nitrogens with one attached hydrogen (secondary N) is 1. The van der Waals surface area contributed by atoms with Gasteiger partial charge in [-0.25, -0.2) is 18.2 Å². The zero-order chi connectivity index (χ0) is 18.0. The van der Waals surface area contributed by atoms with Gasteiger partial charge in [-0.3, -0.25) is 4.79 Å². The molecule has 1 saturated heterocycles. The van der Waals surface area contributed by atoms with Gasteiger partial charge in [-0.05, 0) is 25.0 Å². The summed E-state index contributed by atoms with van der Waals surface area (Å²) in [5.74, 6) is -1.05. The molecule has 0 atom stereocenters. The number of carbonyl (C=O) groups is 1. The van der Waals surface area contributed by atoms with Crippen molar-refractivity contribution in [2.24, 2.45) is 0 Å². The molecule has 0 amide bonds. The summed E-state index contributed by atoms with van der Waals surface area (Å²) in [4.78, 5) is 29.4. The molecule has 1 aromatic heterocycles. The van der Waals surface area contributed by atoms with Gasteiger partial charge in [0.25, 0.3) is 5.56 Å². The van der Waals surface area contributed by atoms with Crippen LogP contribution in [0.3, 0.4) is 0 Å². The molecule has 0 bridgehead atoms. The fourth-order valence-corrected chi connectivity index (χ4v) is 4.37. The minimum atomic E-state index is -3.53. The molecule has 2 N–H and O–H groups in total. The number of aromatic carboxylic acids is 1. The first-order valence-corrected chi connectivity index (χ1v) is 9.21. The molecule has 1 aromatic carbocycles. The van der Waals surface area contributed by atoms with Crippen LogP contribution in [0, 0.1) is 0 Å². The number of hydrogen-bond acceptors (Lipinski definition) is 5. The second-order valence-electron chi connectivity index (χ2n) is 5.81. The highest BCUT2D eigenvalue weighted by atomic mass is 32.2. The van der Waals surface area contributed by atoms with Crippen molar-refractivity contribution < 1.29 is 18.3 Å². The Balaban J connectivity index is 1.73. The number of aromatic amines is 1. The highest BCUT2D eigenvalue weighted by Gasteiger charge is 2.30. The predicted molar refractivity (Wildman–Crippen MR) is 89.0 cm³/mol. The Labute approximate surface area is 144 Å². The normalized spacial score (nSPS) is 16.6. The molecule has 25 heavy (non-hydrogen) atoms. The van der Waals surface area contributed by atoms with Gasteiger partial charge in [0.2, 0.25) is 10.0 Å². The number of hydrogen-bond donors (Lipinski definition) is 2. The molecule has 0 aliphatic carbocycles. The van der Waals surface area contributed by atoms with Crippen LogP contribution in [0.5, 0.6) is 0 Å². The second kappa shape index (κ2) is 6.77. The Morgan fingerprint density at radius 1 is 1.20 bits per heavy atom. The van der Waals surface area contributed by atoms with E-state index in [0.717, 1.165) is 6.20 Å². The van der Waals surface area contributed by atoms with Crippen molar-refractivity contribution in [2.45, 2.75) is 23.7 Å². The summed E-state index contributed by atoms with van der Waals surface area (Å²) in [5, 5.41) is 8.87. The summed E-state index contributed by atoms with van der Waals surface area (Å²) in [7, 11) is -3.53. The van der Waals surface area contributed by atoms with Crippen molar-refractivity contribution in [2.75, 3.05) is 13.1 Å². The quantitative estimate of drug-likeness (QED) is 0.837. The van der Waals surface area contributed by atoms with Gasteiger partial charge >= 0.3 is 5.97 Å². The average Bonchev–Trinajstić information content (AvgIpc) is 2.62. The van der Waals surface area contributed by atoms with Crippen LogP contribution in [-0.2, 0) is 10.0 Å². The van der Waals surface area contributed by atoms with Gasteiger partial charge in [0.1, 0.15) is 11.4 Å². The van der Waals surface area contributed by atoms with Gasteiger partial charge in [0.15, 0.2) is 0 Å². The van der Waals surface area contributed by atoms with E-state index in [4.69, 9.17) is 5.11 Å². The number of aromatic nitrogens is 2. The van der Waals surface area contributed by atoms with E-state index < -0.39 is 27.1 Å². The zero-order valence-corrected chi connectivity index (χ0v) is 14.1. The van der Waals surface area contributed by atoms with Crippen LogP contribution < -0.4 is 5.56 Å². The summed E-state index contributed by atoms with van der Waals surface area (Å²) in [6.07, 6.45) is 2.05. The monoisotopic (exact) mass is 363 g/mol. The first-order valence-electron chi connectivity index (χ1n) is 7.77. The van der Waals surface area contributed by atoms with Gasteiger partial charge in [-0.15, -0.1) is 0 Å². The lowest BCUT2D eigenvalue weighted by atomic mass is 9.97. The molecule has 8 nitrogen and oxygen atoms in total. The summed E-state index contributed by atoms with van der Waals surface area (Å²) in [6.45, 7) is 0.624.